The topological polar surface area (TPSA) is 108 Å². The number of rotatable bonds is 6. The molecule has 3 aromatic rings. The number of nitrogen functional groups attached to an aromatic ring is 1. The summed E-state index contributed by atoms with van der Waals surface area (Å²) in [5, 5.41) is 2.60. The summed E-state index contributed by atoms with van der Waals surface area (Å²) >= 11 is 5.74. The molecule has 0 radical (unpaired) electrons. The van der Waals surface area contributed by atoms with Crippen LogP contribution in [0.2, 0.25) is 5.02 Å². The monoisotopic (exact) mass is 455 g/mol. The molecule has 0 aliphatic heterocycles. The van der Waals surface area contributed by atoms with Gasteiger partial charge in [-0.25, -0.2) is 9.97 Å². The SMILES string of the molecule is CC(C)(N)CCC(C)(C)n1c(Nc2ccc(Cl)c(C(F)(F)F)c2)nc2cnc(N)nc21. The smallest absolute Gasteiger partial charge is 0.368 e. The molecule has 0 amide bonds. The van der Waals surface area contributed by atoms with E-state index >= 15 is 0 Å². The van der Waals surface area contributed by atoms with E-state index in [1.807, 2.05) is 32.3 Å². The number of hydrogen-bond donors (Lipinski definition) is 3. The van der Waals surface area contributed by atoms with Crippen LogP contribution in [-0.2, 0) is 11.7 Å². The van der Waals surface area contributed by atoms with Gasteiger partial charge in [0, 0.05) is 16.8 Å². The minimum atomic E-state index is -4.58. The lowest BCUT2D eigenvalue weighted by Gasteiger charge is -2.32. The van der Waals surface area contributed by atoms with Crippen LogP contribution < -0.4 is 16.8 Å². The lowest BCUT2D eigenvalue weighted by atomic mass is 9.90. The number of nitrogens with one attached hydrogen (secondary N) is 1. The molecule has 3 rings (SSSR count). The lowest BCUT2D eigenvalue weighted by molar-refractivity contribution is -0.137. The van der Waals surface area contributed by atoms with Crippen molar-refractivity contribution < 1.29 is 13.2 Å². The van der Waals surface area contributed by atoms with Gasteiger partial charge in [-0.15, -0.1) is 0 Å². The van der Waals surface area contributed by atoms with Crippen molar-refractivity contribution in [1.82, 2.24) is 19.5 Å². The Morgan fingerprint density at radius 1 is 1.10 bits per heavy atom. The molecule has 0 aliphatic carbocycles. The lowest BCUT2D eigenvalue weighted by Crippen LogP contribution is -2.36. The van der Waals surface area contributed by atoms with Crippen molar-refractivity contribution in [3.05, 3.63) is 35.0 Å². The highest BCUT2D eigenvalue weighted by molar-refractivity contribution is 6.31. The van der Waals surface area contributed by atoms with Crippen molar-refractivity contribution in [2.24, 2.45) is 5.73 Å². The average Bonchev–Trinajstić information content (AvgIpc) is 2.98. The van der Waals surface area contributed by atoms with E-state index in [9.17, 15) is 13.2 Å². The highest BCUT2D eigenvalue weighted by Gasteiger charge is 2.34. The van der Waals surface area contributed by atoms with Gasteiger partial charge in [-0.1, -0.05) is 11.6 Å². The number of nitrogens with two attached hydrogens (primary N) is 2. The van der Waals surface area contributed by atoms with Crippen LogP contribution in [-0.4, -0.2) is 25.1 Å². The molecule has 0 spiro atoms. The van der Waals surface area contributed by atoms with Crippen LogP contribution in [0, 0.1) is 0 Å². The number of hydrogen-bond acceptors (Lipinski definition) is 6. The van der Waals surface area contributed by atoms with Crippen LogP contribution in [0.15, 0.2) is 24.4 Å². The maximum atomic E-state index is 13.3. The number of anilines is 3. The highest BCUT2D eigenvalue weighted by atomic mass is 35.5. The van der Waals surface area contributed by atoms with Gasteiger partial charge >= 0.3 is 6.18 Å². The summed E-state index contributed by atoms with van der Waals surface area (Å²) in [6.07, 6.45) is -1.75. The van der Waals surface area contributed by atoms with Gasteiger partial charge in [-0.2, -0.15) is 18.2 Å². The fourth-order valence-corrected chi connectivity index (χ4v) is 3.46. The van der Waals surface area contributed by atoms with Crippen molar-refractivity contribution in [1.29, 1.82) is 0 Å². The first-order valence-corrected chi connectivity index (χ1v) is 9.99. The number of aromatic nitrogens is 4. The van der Waals surface area contributed by atoms with Crippen molar-refractivity contribution in [3.8, 4) is 0 Å². The molecule has 0 bridgehead atoms. The van der Waals surface area contributed by atoms with Gasteiger partial charge in [0.15, 0.2) is 5.65 Å². The zero-order valence-electron chi connectivity index (χ0n) is 17.7. The van der Waals surface area contributed by atoms with E-state index < -0.39 is 22.8 Å². The maximum Gasteiger partial charge on any atom is 0.417 e. The van der Waals surface area contributed by atoms with Crippen molar-refractivity contribution in [2.45, 2.75) is 57.8 Å². The third-order valence-electron chi connectivity index (χ3n) is 4.93. The molecule has 0 saturated carbocycles. The molecule has 0 saturated heterocycles. The van der Waals surface area contributed by atoms with Crippen LogP contribution in [0.3, 0.4) is 0 Å². The molecule has 0 aliphatic rings. The largest absolute Gasteiger partial charge is 0.417 e. The normalized spacial score (nSPS) is 13.1. The van der Waals surface area contributed by atoms with E-state index in [2.05, 4.69) is 20.3 Å². The number of fused-ring (bicyclic) bond motifs is 1. The van der Waals surface area contributed by atoms with Gasteiger partial charge < -0.3 is 16.8 Å². The maximum absolute atomic E-state index is 13.3. The van der Waals surface area contributed by atoms with Gasteiger partial charge in [0.05, 0.1) is 16.8 Å². The van der Waals surface area contributed by atoms with E-state index in [1.54, 1.807) is 0 Å². The summed E-state index contributed by atoms with van der Waals surface area (Å²) < 4.78 is 41.7. The fourth-order valence-electron chi connectivity index (χ4n) is 3.23. The Morgan fingerprint density at radius 2 is 1.77 bits per heavy atom. The predicted molar refractivity (Wildman–Crippen MR) is 116 cm³/mol. The summed E-state index contributed by atoms with van der Waals surface area (Å²) in [6, 6.07) is 3.60. The van der Waals surface area contributed by atoms with Gasteiger partial charge in [-0.05, 0) is 58.7 Å². The molecule has 1 aromatic carbocycles. The fraction of sp³-hybridized carbons (Fsp3) is 0.450. The molecular formula is C20H25ClF3N7. The quantitative estimate of drug-likeness (QED) is 0.478. The van der Waals surface area contributed by atoms with E-state index in [1.165, 1.54) is 18.3 Å². The zero-order chi connectivity index (χ0) is 23.2. The van der Waals surface area contributed by atoms with Gasteiger partial charge in [0.1, 0.15) is 5.52 Å². The van der Waals surface area contributed by atoms with E-state index in [4.69, 9.17) is 23.1 Å². The molecule has 2 aromatic heterocycles. The van der Waals surface area contributed by atoms with Gasteiger partial charge in [-0.3, -0.25) is 4.57 Å². The summed E-state index contributed by atoms with van der Waals surface area (Å²) in [5.41, 5.74) is 11.2. The Labute approximate surface area is 183 Å². The summed E-state index contributed by atoms with van der Waals surface area (Å²) in [5.74, 6) is 0.381. The first kappa shape index (κ1) is 23.1. The molecule has 31 heavy (non-hydrogen) atoms. The molecular weight excluding hydrogens is 431 g/mol. The number of imidazole rings is 1. The Morgan fingerprint density at radius 3 is 2.39 bits per heavy atom. The minimum absolute atomic E-state index is 0.0704. The number of benzene rings is 1. The number of alkyl halides is 3. The molecule has 11 heteroatoms. The summed E-state index contributed by atoms with van der Waals surface area (Å²) in [6.45, 7) is 7.82. The Bertz CT molecular complexity index is 1100. The molecule has 2 heterocycles. The second-order valence-electron chi connectivity index (χ2n) is 8.83. The van der Waals surface area contributed by atoms with Crippen LogP contribution >= 0.6 is 11.6 Å². The summed E-state index contributed by atoms with van der Waals surface area (Å²) in [7, 11) is 0. The number of halogens is 4. The molecule has 7 nitrogen and oxygen atoms in total. The second kappa shape index (κ2) is 7.83. The third-order valence-corrected chi connectivity index (χ3v) is 5.26. The third kappa shape index (κ3) is 5.19. The van der Waals surface area contributed by atoms with E-state index in [0.717, 1.165) is 6.07 Å². The first-order chi connectivity index (χ1) is 14.2. The number of nitrogens with zero attached hydrogens (tertiary/aromatic N) is 4. The highest BCUT2D eigenvalue weighted by Crippen LogP contribution is 2.38. The Balaban J connectivity index is 2.10. The standard InChI is InChI=1S/C20H25ClF3N7/c1-18(2,26)7-8-19(3,4)31-15-14(10-27-16(25)30-15)29-17(31)28-11-5-6-13(21)12(9-11)20(22,23)24/h5-6,9-10H,7-8,26H2,1-4H3,(H,28,29)(H2,25,27,30). The molecule has 0 atom stereocenters. The van der Waals surface area contributed by atoms with Crippen molar-refractivity contribution in [3.63, 3.8) is 0 Å². The van der Waals surface area contributed by atoms with Crippen LogP contribution in [0.1, 0.15) is 46.1 Å². The second-order valence-corrected chi connectivity index (χ2v) is 9.23. The van der Waals surface area contributed by atoms with E-state index in [0.29, 0.717) is 30.0 Å². The van der Waals surface area contributed by atoms with Crippen molar-refractivity contribution in [2.75, 3.05) is 11.1 Å². The molecule has 5 N–H and O–H groups in total. The van der Waals surface area contributed by atoms with Crippen LogP contribution in [0.25, 0.3) is 11.2 Å². The predicted octanol–water partition coefficient (Wildman–Crippen LogP) is 5.08. The average molecular weight is 456 g/mol. The summed E-state index contributed by atoms with van der Waals surface area (Å²) in [4.78, 5) is 12.8. The first-order valence-electron chi connectivity index (χ1n) is 9.61. The molecule has 0 fully saturated rings. The van der Waals surface area contributed by atoms with Gasteiger partial charge in [0.2, 0.25) is 11.9 Å². The van der Waals surface area contributed by atoms with Crippen molar-refractivity contribution >= 4 is 40.3 Å². The zero-order valence-corrected chi connectivity index (χ0v) is 18.4. The van der Waals surface area contributed by atoms with Crippen LogP contribution in [0.4, 0.5) is 30.8 Å². The Kier molecular flexibility index (Phi) is 5.83. The molecule has 0 unspecified atom stereocenters. The van der Waals surface area contributed by atoms with E-state index in [-0.39, 0.29) is 16.7 Å². The minimum Gasteiger partial charge on any atom is -0.368 e. The van der Waals surface area contributed by atoms with Crippen LogP contribution in [0.5, 0.6) is 0 Å². The molecule has 168 valence electrons. The Hall–Kier alpha value is -2.59. The van der Waals surface area contributed by atoms with Gasteiger partial charge in [0.25, 0.3) is 0 Å².